The van der Waals surface area contributed by atoms with Gasteiger partial charge in [-0.1, -0.05) is 6.92 Å². The van der Waals surface area contributed by atoms with Crippen molar-refractivity contribution in [2.75, 3.05) is 13.6 Å². The molecule has 0 radical (unpaired) electrons. The first-order valence-electron chi connectivity index (χ1n) is 5.02. The van der Waals surface area contributed by atoms with E-state index in [9.17, 15) is 4.79 Å². The Kier molecular flexibility index (Phi) is 4.91. The van der Waals surface area contributed by atoms with Crippen LogP contribution in [0.4, 0.5) is 4.79 Å². The average molecular weight is 202 g/mol. The van der Waals surface area contributed by atoms with Crippen LogP contribution in [0.15, 0.2) is 0 Å². The molecule has 2 N–H and O–H groups in total. The second-order valence-corrected chi connectivity index (χ2v) is 4.05. The van der Waals surface area contributed by atoms with Gasteiger partial charge in [-0.25, -0.2) is 4.79 Å². The number of nitrogens with zero attached hydrogens (tertiary/aromatic N) is 1. The molecule has 0 fully saturated rings. The lowest BCUT2D eigenvalue weighted by molar-refractivity contribution is 0.0511. The molecule has 1 amide bonds. The maximum Gasteiger partial charge on any atom is 0.410 e. The van der Waals surface area contributed by atoms with Crippen LogP contribution in [0.3, 0.4) is 0 Å². The Morgan fingerprint density at radius 1 is 1.57 bits per heavy atom. The summed E-state index contributed by atoms with van der Waals surface area (Å²) in [6, 6.07) is 0. The lowest BCUT2D eigenvalue weighted by atomic mass is 9.98. The minimum absolute atomic E-state index is 0.0937. The van der Waals surface area contributed by atoms with Gasteiger partial charge >= 0.3 is 6.09 Å². The van der Waals surface area contributed by atoms with E-state index in [1.807, 2.05) is 27.7 Å². The third kappa shape index (κ3) is 3.18. The van der Waals surface area contributed by atoms with Gasteiger partial charge in [0.05, 0.1) is 11.6 Å². The lowest BCUT2D eigenvalue weighted by Gasteiger charge is -2.36. The standard InChI is InChI=1S/C10H22N2O2/c1-6-10(4,7-11)12(5)9(13)14-8(2)3/h8H,6-7,11H2,1-5H3. The molecule has 0 aromatic carbocycles. The predicted molar refractivity (Wildman–Crippen MR) is 57.1 cm³/mol. The molecule has 0 aliphatic rings. The molecule has 0 saturated heterocycles. The third-order valence-electron chi connectivity index (χ3n) is 2.62. The maximum atomic E-state index is 11.6. The fraction of sp³-hybridized carbons (Fsp3) is 0.900. The minimum Gasteiger partial charge on any atom is -0.447 e. The van der Waals surface area contributed by atoms with E-state index < -0.39 is 0 Å². The molecule has 4 nitrogen and oxygen atoms in total. The SMILES string of the molecule is CCC(C)(CN)N(C)C(=O)OC(C)C. The summed E-state index contributed by atoms with van der Waals surface area (Å²) >= 11 is 0. The van der Waals surface area contributed by atoms with Gasteiger partial charge in [0, 0.05) is 13.6 Å². The van der Waals surface area contributed by atoms with Crippen LogP contribution in [0.2, 0.25) is 0 Å². The van der Waals surface area contributed by atoms with Crippen LogP contribution < -0.4 is 5.73 Å². The molecule has 4 heteroatoms. The molecule has 0 aromatic rings. The van der Waals surface area contributed by atoms with Gasteiger partial charge in [0.15, 0.2) is 0 Å². The third-order valence-corrected chi connectivity index (χ3v) is 2.62. The smallest absolute Gasteiger partial charge is 0.410 e. The van der Waals surface area contributed by atoms with E-state index in [2.05, 4.69) is 0 Å². The van der Waals surface area contributed by atoms with Crippen molar-refractivity contribution in [3.8, 4) is 0 Å². The zero-order valence-corrected chi connectivity index (χ0v) is 9.83. The van der Waals surface area contributed by atoms with E-state index in [1.54, 1.807) is 11.9 Å². The van der Waals surface area contributed by atoms with E-state index in [4.69, 9.17) is 10.5 Å². The summed E-state index contributed by atoms with van der Waals surface area (Å²) in [7, 11) is 1.72. The Morgan fingerprint density at radius 3 is 2.36 bits per heavy atom. The molecule has 0 aliphatic heterocycles. The summed E-state index contributed by atoms with van der Waals surface area (Å²) < 4.78 is 5.09. The van der Waals surface area contributed by atoms with E-state index in [0.717, 1.165) is 6.42 Å². The molecule has 0 rings (SSSR count). The second kappa shape index (κ2) is 5.20. The number of likely N-dealkylation sites (N-methyl/N-ethyl adjacent to an activating group) is 1. The summed E-state index contributed by atoms with van der Waals surface area (Å²) in [6.07, 6.45) is 0.409. The number of hydrogen-bond donors (Lipinski definition) is 1. The van der Waals surface area contributed by atoms with Gasteiger partial charge in [0.2, 0.25) is 0 Å². The van der Waals surface area contributed by atoms with Gasteiger partial charge in [-0.3, -0.25) is 0 Å². The van der Waals surface area contributed by atoms with Crippen molar-refractivity contribution in [3.05, 3.63) is 0 Å². The van der Waals surface area contributed by atoms with Crippen LogP contribution in [0.5, 0.6) is 0 Å². The van der Waals surface area contributed by atoms with Crippen molar-refractivity contribution in [3.63, 3.8) is 0 Å². The van der Waals surface area contributed by atoms with E-state index in [1.165, 1.54) is 0 Å². The molecular formula is C10H22N2O2. The van der Waals surface area contributed by atoms with Crippen molar-refractivity contribution in [2.24, 2.45) is 5.73 Å². The van der Waals surface area contributed by atoms with E-state index >= 15 is 0 Å². The van der Waals surface area contributed by atoms with Crippen LogP contribution in [-0.2, 0) is 4.74 Å². The molecule has 0 aromatic heterocycles. The fourth-order valence-electron chi connectivity index (χ4n) is 1.02. The summed E-state index contributed by atoms with van der Waals surface area (Å²) in [4.78, 5) is 13.1. The first-order valence-corrected chi connectivity index (χ1v) is 5.02. The number of rotatable bonds is 4. The molecule has 1 unspecified atom stereocenters. The van der Waals surface area contributed by atoms with Gasteiger partial charge < -0.3 is 15.4 Å². The average Bonchev–Trinajstić information content (AvgIpc) is 2.14. The number of amides is 1. The molecule has 14 heavy (non-hydrogen) atoms. The van der Waals surface area contributed by atoms with Crippen LogP contribution in [0, 0.1) is 0 Å². The summed E-state index contributed by atoms with van der Waals surface area (Å²) in [5.74, 6) is 0. The number of carbonyl (C=O) groups is 1. The number of carbonyl (C=O) groups excluding carboxylic acids is 1. The molecule has 0 aliphatic carbocycles. The minimum atomic E-state index is -0.314. The van der Waals surface area contributed by atoms with Crippen LogP contribution in [0.25, 0.3) is 0 Å². The Morgan fingerprint density at radius 2 is 2.07 bits per heavy atom. The van der Waals surface area contributed by atoms with Crippen molar-refractivity contribution in [1.29, 1.82) is 0 Å². The van der Waals surface area contributed by atoms with Crippen LogP contribution in [0.1, 0.15) is 34.1 Å². The van der Waals surface area contributed by atoms with Crippen molar-refractivity contribution in [2.45, 2.75) is 45.8 Å². The van der Waals surface area contributed by atoms with Crippen molar-refractivity contribution < 1.29 is 9.53 Å². The predicted octanol–water partition coefficient (Wildman–Crippen LogP) is 1.59. The monoisotopic (exact) mass is 202 g/mol. The normalized spacial score (nSPS) is 15.1. The summed E-state index contributed by atoms with van der Waals surface area (Å²) in [5.41, 5.74) is 5.32. The second-order valence-electron chi connectivity index (χ2n) is 4.05. The molecular weight excluding hydrogens is 180 g/mol. The van der Waals surface area contributed by atoms with Crippen molar-refractivity contribution >= 4 is 6.09 Å². The van der Waals surface area contributed by atoms with Crippen LogP contribution >= 0.6 is 0 Å². The highest BCUT2D eigenvalue weighted by Gasteiger charge is 2.30. The number of nitrogens with two attached hydrogens (primary N) is 1. The molecule has 0 spiro atoms. The van der Waals surface area contributed by atoms with Crippen molar-refractivity contribution in [1.82, 2.24) is 4.90 Å². The van der Waals surface area contributed by atoms with Gasteiger partial charge in [-0.15, -0.1) is 0 Å². The molecule has 0 heterocycles. The zero-order valence-electron chi connectivity index (χ0n) is 9.83. The van der Waals surface area contributed by atoms with E-state index in [0.29, 0.717) is 6.54 Å². The quantitative estimate of drug-likeness (QED) is 0.753. The fourth-order valence-corrected chi connectivity index (χ4v) is 1.02. The Bertz CT molecular complexity index is 189. The number of ether oxygens (including phenoxy) is 1. The van der Waals surface area contributed by atoms with Gasteiger partial charge in [0.1, 0.15) is 0 Å². The van der Waals surface area contributed by atoms with Gasteiger partial charge in [-0.05, 0) is 27.2 Å². The highest BCUT2D eigenvalue weighted by molar-refractivity contribution is 5.68. The van der Waals surface area contributed by atoms with Gasteiger partial charge in [0.25, 0.3) is 0 Å². The maximum absolute atomic E-state index is 11.6. The van der Waals surface area contributed by atoms with E-state index in [-0.39, 0.29) is 17.7 Å². The number of hydrogen-bond acceptors (Lipinski definition) is 3. The first kappa shape index (κ1) is 13.2. The molecule has 84 valence electrons. The molecule has 1 atom stereocenters. The molecule has 0 saturated carbocycles. The summed E-state index contributed by atoms with van der Waals surface area (Å²) in [5, 5.41) is 0. The lowest BCUT2D eigenvalue weighted by Crippen LogP contribution is -2.52. The van der Waals surface area contributed by atoms with Crippen LogP contribution in [-0.4, -0.2) is 36.2 Å². The Hall–Kier alpha value is -0.770. The first-order chi connectivity index (χ1) is 6.37. The largest absolute Gasteiger partial charge is 0.447 e. The zero-order chi connectivity index (χ0) is 11.4. The van der Waals surface area contributed by atoms with Gasteiger partial charge in [-0.2, -0.15) is 0 Å². The molecule has 0 bridgehead atoms. The highest BCUT2D eigenvalue weighted by atomic mass is 16.6. The Labute approximate surface area is 86.4 Å². The Balaban J connectivity index is 4.43. The summed E-state index contributed by atoms with van der Waals surface area (Å²) in [6.45, 7) is 8.06. The topological polar surface area (TPSA) is 55.6 Å². The highest BCUT2D eigenvalue weighted by Crippen LogP contribution is 2.17.